The van der Waals surface area contributed by atoms with Crippen molar-refractivity contribution >= 4 is 28.7 Å². The molecule has 3 heteroatoms. The number of Topliss-reactive ketones (excluding diaryl/α,β-unsaturated/α-hetero) is 1. The molecule has 1 nitrogen and oxygen atoms in total. The molecule has 94 valence electrons. The molecule has 0 aliphatic rings. The van der Waals surface area contributed by atoms with Crippen LogP contribution in [0.2, 0.25) is 5.02 Å². The minimum absolute atomic E-state index is 0.0985. The number of carbonyl (C=O) groups is 1. The van der Waals surface area contributed by atoms with Crippen LogP contribution >= 0.6 is 22.9 Å². The van der Waals surface area contributed by atoms with E-state index in [4.69, 9.17) is 11.6 Å². The largest absolute Gasteiger partial charge is 0.293 e. The van der Waals surface area contributed by atoms with E-state index in [9.17, 15) is 4.79 Å². The zero-order valence-electron chi connectivity index (χ0n) is 10.7. The van der Waals surface area contributed by atoms with Crippen molar-refractivity contribution in [2.45, 2.75) is 27.2 Å². The van der Waals surface area contributed by atoms with Gasteiger partial charge < -0.3 is 0 Å². The molecule has 0 saturated heterocycles. The fourth-order valence-electron chi connectivity index (χ4n) is 1.80. The molecule has 2 aromatic rings. The number of ketones is 1. The second-order valence-corrected chi connectivity index (χ2v) is 5.84. The summed E-state index contributed by atoms with van der Waals surface area (Å²) in [6, 6.07) is 6.13. The van der Waals surface area contributed by atoms with Crippen molar-refractivity contribution in [3.8, 4) is 0 Å². The van der Waals surface area contributed by atoms with E-state index in [1.165, 1.54) is 22.5 Å². The molecule has 0 saturated carbocycles. The van der Waals surface area contributed by atoms with Gasteiger partial charge >= 0.3 is 0 Å². The van der Waals surface area contributed by atoms with E-state index in [0.717, 1.165) is 11.1 Å². The summed E-state index contributed by atoms with van der Waals surface area (Å²) < 4.78 is 0. The van der Waals surface area contributed by atoms with Gasteiger partial charge in [0.05, 0.1) is 9.90 Å². The average molecular weight is 279 g/mol. The van der Waals surface area contributed by atoms with Crippen LogP contribution in [-0.4, -0.2) is 5.78 Å². The molecule has 2 rings (SSSR count). The van der Waals surface area contributed by atoms with E-state index in [1.807, 2.05) is 18.4 Å². The van der Waals surface area contributed by atoms with Crippen molar-refractivity contribution in [1.82, 2.24) is 0 Å². The Hall–Kier alpha value is -1.12. The van der Waals surface area contributed by atoms with E-state index in [-0.39, 0.29) is 5.78 Å². The van der Waals surface area contributed by atoms with Crippen LogP contribution < -0.4 is 0 Å². The number of rotatable bonds is 3. The number of hydrogen-bond donors (Lipinski definition) is 0. The number of carbonyl (C=O) groups excluding carboxylic acids is 1. The standard InChI is InChI=1S/C15H15ClOS/c1-9-4-5-12(6-10(9)2)7-13(17)15-14(16)11(3)8-18-15/h4-6,8H,7H2,1-3H3. The molecule has 1 heterocycles. The first-order valence-electron chi connectivity index (χ1n) is 5.82. The molecule has 0 fully saturated rings. The van der Waals surface area contributed by atoms with Gasteiger partial charge in [-0.25, -0.2) is 0 Å². The smallest absolute Gasteiger partial charge is 0.178 e. The highest BCUT2D eigenvalue weighted by atomic mass is 35.5. The van der Waals surface area contributed by atoms with Gasteiger partial charge in [-0.2, -0.15) is 0 Å². The zero-order valence-corrected chi connectivity index (χ0v) is 12.3. The number of halogens is 1. The van der Waals surface area contributed by atoms with Crippen LogP contribution in [-0.2, 0) is 6.42 Å². The van der Waals surface area contributed by atoms with E-state index in [1.54, 1.807) is 0 Å². The first-order chi connectivity index (χ1) is 8.49. The van der Waals surface area contributed by atoms with Gasteiger partial charge in [-0.15, -0.1) is 11.3 Å². The zero-order chi connectivity index (χ0) is 13.3. The minimum Gasteiger partial charge on any atom is -0.293 e. The monoisotopic (exact) mass is 278 g/mol. The Morgan fingerprint density at radius 3 is 2.44 bits per heavy atom. The lowest BCUT2D eigenvalue weighted by atomic mass is 10.0. The topological polar surface area (TPSA) is 17.1 Å². The summed E-state index contributed by atoms with van der Waals surface area (Å²) in [5, 5.41) is 2.53. The van der Waals surface area contributed by atoms with Crippen LogP contribution in [0.15, 0.2) is 23.6 Å². The van der Waals surface area contributed by atoms with Crippen LogP contribution in [0, 0.1) is 20.8 Å². The fraction of sp³-hybridized carbons (Fsp3) is 0.267. The Bertz CT molecular complexity index is 599. The first kappa shape index (κ1) is 13.3. The summed E-state index contributed by atoms with van der Waals surface area (Å²) in [6.45, 7) is 6.05. The van der Waals surface area contributed by atoms with E-state index < -0.39 is 0 Å². The lowest BCUT2D eigenvalue weighted by molar-refractivity contribution is 0.0997. The van der Waals surface area contributed by atoms with E-state index in [0.29, 0.717) is 16.3 Å². The summed E-state index contributed by atoms with van der Waals surface area (Å²) in [5.41, 5.74) is 4.49. The van der Waals surface area contributed by atoms with Gasteiger partial charge in [-0.3, -0.25) is 4.79 Å². The normalized spacial score (nSPS) is 10.7. The Balaban J connectivity index is 2.21. The molecule has 0 amide bonds. The maximum atomic E-state index is 12.2. The molecule has 0 spiro atoms. The highest BCUT2D eigenvalue weighted by molar-refractivity contribution is 7.13. The molecule has 0 aliphatic carbocycles. The highest BCUT2D eigenvalue weighted by Crippen LogP contribution is 2.28. The maximum Gasteiger partial charge on any atom is 0.178 e. The van der Waals surface area contributed by atoms with Gasteiger partial charge in [0.15, 0.2) is 5.78 Å². The molecule has 0 atom stereocenters. The molecule has 0 unspecified atom stereocenters. The maximum absolute atomic E-state index is 12.2. The molecule has 0 aliphatic heterocycles. The second kappa shape index (κ2) is 5.25. The highest BCUT2D eigenvalue weighted by Gasteiger charge is 2.15. The van der Waals surface area contributed by atoms with Crippen molar-refractivity contribution in [2.24, 2.45) is 0 Å². The number of benzene rings is 1. The van der Waals surface area contributed by atoms with Crippen molar-refractivity contribution in [3.63, 3.8) is 0 Å². The molecular formula is C15H15ClOS. The molecule has 0 bridgehead atoms. The van der Waals surface area contributed by atoms with Crippen molar-refractivity contribution < 1.29 is 4.79 Å². The first-order valence-corrected chi connectivity index (χ1v) is 7.07. The third kappa shape index (κ3) is 2.65. The Morgan fingerprint density at radius 1 is 1.17 bits per heavy atom. The van der Waals surface area contributed by atoms with Crippen molar-refractivity contribution in [2.75, 3.05) is 0 Å². The number of aryl methyl sites for hydroxylation is 3. The van der Waals surface area contributed by atoms with Crippen molar-refractivity contribution in [1.29, 1.82) is 0 Å². The van der Waals surface area contributed by atoms with Gasteiger partial charge in [-0.1, -0.05) is 29.8 Å². The summed E-state index contributed by atoms with van der Waals surface area (Å²) in [5.74, 6) is 0.0985. The summed E-state index contributed by atoms with van der Waals surface area (Å²) in [7, 11) is 0. The number of hydrogen-bond acceptors (Lipinski definition) is 2. The van der Waals surface area contributed by atoms with E-state index in [2.05, 4.69) is 26.0 Å². The molecular weight excluding hydrogens is 264 g/mol. The predicted octanol–water partition coefficient (Wildman–Crippen LogP) is 4.75. The number of thiophene rings is 1. The predicted molar refractivity (Wildman–Crippen MR) is 78.0 cm³/mol. The Morgan fingerprint density at radius 2 is 1.89 bits per heavy atom. The lowest BCUT2D eigenvalue weighted by Crippen LogP contribution is -2.02. The van der Waals surface area contributed by atoms with Crippen LogP contribution in [0.3, 0.4) is 0 Å². The minimum atomic E-state index is 0.0985. The summed E-state index contributed by atoms with van der Waals surface area (Å²) in [6.07, 6.45) is 0.417. The molecule has 1 aromatic carbocycles. The van der Waals surface area contributed by atoms with E-state index >= 15 is 0 Å². The molecule has 0 radical (unpaired) electrons. The van der Waals surface area contributed by atoms with Gasteiger partial charge in [0.1, 0.15) is 0 Å². The van der Waals surface area contributed by atoms with Gasteiger partial charge in [0.25, 0.3) is 0 Å². The van der Waals surface area contributed by atoms with Gasteiger partial charge in [-0.05, 0) is 48.4 Å². The van der Waals surface area contributed by atoms with Crippen LogP contribution in [0.5, 0.6) is 0 Å². The lowest BCUT2D eigenvalue weighted by Gasteiger charge is -2.04. The van der Waals surface area contributed by atoms with Gasteiger partial charge in [0.2, 0.25) is 0 Å². The molecule has 1 aromatic heterocycles. The van der Waals surface area contributed by atoms with Crippen LogP contribution in [0.4, 0.5) is 0 Å². The Labute approximate surface area is 116 Å². The second-order valence-electron chi connectivity index (χ2n) is 4.58. The molecule has 18 heavy (non-hydrogen) atoms. The summed E-state index contributed by atoms with van der Waals surface area (Å²) >= 11 is 7.55. The van der Waals surface area contributed by atoms with Gasteiger partial charge in [0, 0.05) is 6.42 Å². The van der Waals surface area contributed by atoms with Crippen LogP contribution in [0.1, 0.15) is 31.9 Å². The van der Waals surface area contributed by atoms with Crippen molar-refractivity contribution in [3.05, 3.63) is 55.7 Å². The molecule has 0 N–H and O–H groups in total. The third-order valence-corrected chi connectivity index (χ3v) is 4.83. The summed E-state index contributed by atoms with van der Waals surface area (Å²) in [4.78, 5) is 12.8. The quantitative estimate of drug-likeness (QED) is 0.740. The van der Waals surface area contributed by atoms with Crippen LogP contribution in [0.25, 0.3) is 0 Å². The third-order valence-electron chi connectivity index (χ3n) is 3.09. The SMILES string of the molecule is Cc1ccc(CC(=O)c2scc(C)c2Cl)cc1C. The average Bonchev–Trinajstić information content (AvgIpc) is 2.65. The Kier molecular flexibility index (Phi) is 3.88. The fourth-order valence-corrected chi connectivity index (χ4v) is 3.04.